The van der Waals surface area contributed by atoms with E-state index < -0.39 is 0 Å². The summed E-state index contributed by atoms with van der Waals surface area (Å²) in [6, 6.07) is 0. The molecule has 4 aliphatic carbocycles. The molecule has 7 atom stereocenters. The quantitative estimate of drug-likeness (QED) is 0.599. The zero-order valence-electron chi connectivity index (χ0n) is 18.6. The van der Waals surface area contributed by atoms with E-state index in [4.69, 9.17) is 4.74 Å². The first kappa shape index (κ1) is 20.3. The number of ether oxygens (including phenoxy) is 1. The largest absolute Gasteiger partial charge is 0.377 e. The molecule has 0 spiro atoms. The Morgan fingerprint density at radius 1 is 1.11 bits per heavy atom. The minimum atomic E-state index is -0.372. The number of carbonyl (C=O) groups is 2. The van der Waals surface area contributed by atoms with Crippen molar-refractivity contribution in [1.82, 2.24) is 0 Å². The van der Waals surface area contributed by atoms with Crippen LogP contribution < -0.4 is 0 Å². The fourth-order valence-corrected chi connectivity index (χ4v) is 7.57. The maximum Gasteiger partial charge on any atom is 0.142 e. The van der Waals surface area contributed by atoms with E-state index >= 15 is 0 Å². The molecule has 3 nitrogen and oxygen atoms in total. The highest BCUT2D eigenvalue weighted by Gasteiger charge is 2.63. The fourth-order valence-electron chi connectivity index (χ4n) is 7.57. The number of methoxy groups -OCH3 is 1. The van der Waals surface area contributed by atoms with E-state index in [9.17, 15) is 9.59 Å². The van der Waals surface area contributed by atoms with Gasteiger partial charge in [-0.15, -0.1) is 0 Å². The first-order valence-electron chi connectivity index (χ1n) is 11.3. The Balaban J connectivity index is 1.71. The second-order valence-corrected chi connectivity index (χ2v) is 11.6. The summed E-state index contributed by atoms with van der Waals surface area (Å²) in [5.41, 5.74) is 1.15. The van der Waals surface area contributed by atoms with Gasteiger partial charge in [0.05, 0.1) is 6.10 Å². The predicted octanol–water partition coefficient (Wildman–Crippen LogP) is 5.37. The zero-order valence-corrected chi connectivity index (χ0v) is 18.6. The number of ketones is 2. The first-order chi connectivity index (χ1) is 13.0. The molecule has 3 heteroatoms. The van der Waals surface area contributed by atoms with Gasteiger partial charge in [-0.2, -0.15) is 0 Å². The molecule has 4 aliphatic rings. The van der Waals surface area contributed by atoms with Crippen LogP contribution >= 0.6 is 0 Å². The number of fused-ring (bicyclic) bond motifs is 5. The van der Waals surface area contributed by atoms with Crippen molar-refractivity contribution in [2.45, 2.75) is 85.7 Å². The van der Waals surface area contributed by atoms with Crippen LogP contribution in [0.5, 0.6) is 0 Å². The van der Waals surface area contributed by atoms with Crippen LogP contribution in [0.4, 0.5) is 0 Å². The van der Waals surface area contributed by atoms with Gasteiger partial charge in [0.15, 0.2) is 0 Å². The van der Waals surface area contributed by atoms with Crippen LogP contribution in [-0.2, 0) is 14.3 Å². The molecule has 0 heterocycles. The normalized spacial score (nSPS) is 45.7. The number of rotatable bonds is 2. The molecule has 28 heavy (non-hydrogen) atoms. The summed E-state index contributed by atoms with van der Waals surface area (Å²) in [6.45, 7) is 10.7. The van der Waals surface area contributed by atoms with E-state index in [2.05, 4.69) is 19.9 Å². The Kier molecular flexibility index (Phi) is 4.73. The van der Waals surface area contributed by atoms with Crippen LogP contribution in [0.15, 0.2) is 11.6 Å². The molecule has 156 valence electrons. The molecular weight excluding hydrogens is 348 g/mol. The lowest BCUT2D eigenvalue weighted by Crippen LogP contribution is -2.53. The van der Waals surface area contributed by atoms with Gasteiger partial charge in [0, 0.05) is 30.3 Å². The smallest absolute Gasteiger partial charge is 0.142 e. The highest BCUT2D eigenvalue weighted by Crippen LogP contribution is 2.66. The third-order valence-electron chi connectivity index (χ3n) is 9.18. The molecule has 3 saturated carbocycles. The lowest BCUT2D eigenvalue weighted by molar-refractivity contribution is -0.138. The van der Waals surface area contributed by atoms with Crippen LogP contribution in [0.1, 0.15) is 79.6 Å². The second-order valence-electron chi connectivity index (χ2n) is 11.6. The summed E-state index contributed by atoms with van der Waals surface area (Å²) < 4.78 is 5.64. The predicted molar refractivity (Wildman–Crippen MR) is 111 cm³/mol. The summed E-state index contributed by atoms with van der Waals surface area (Å²) in [6.07, 6.45) is 9.72. The summed E-state index contributed by atoms with van der Waals surface area (Å²) in [4.78, 5) is 26.5. The van der Waals surface area contributed by atoms with E-state index in [0.29, 0.717) is 29.8 Å². The maximum absolute atomic E-state index is 13.3. The number of Topliss-reactive ketones (excluding diaryl/α,β-unsaturated/α-hetero) is 2. The molecule has 3 fully saturated rings. The first-order valence-corrected chi connectivity index (χ1v) is 11.3. The molecule has 0 amide bonds. The third kappa shape index (κ3) is 2.79. The van der Waals surface area contributed by atoms with Gasteiger partial charge in [0.2, 0.25) is 0 Å². The van der Waals surface area contributed by atoms with Crippen LogP contribution in [0, 0.1) is 39.9 Å². The van der Waals surface area contributed by atoms with Gasteiger partial charge in [-0.3, -0.25) is 9.59 Å². The molecule has 0 aromatic carbocycles. The van der Waals surface area contributed by atoms with Gasteiger partial charge in [-0.05, 0) is 61.7 Å². The topological polar surface area (TPSA) is 43.4 Å². The lowest BCUT2D eigenvalue weighted by atomic mass is 9.46. The summed E-state index contributed by atoms with van der Waals surface area (Å²) in [5.74, 6) is 1.93. The number of carbonyl (C=O) groups excluding carboxylic acids is 2. The fraction of sp³-hybridized carbons (Fsp3) is 0.840. The summed E-state index contributed by atoms with van der Waals surface area (Å²) >= 11 is 0. The van der Waals surface area contributed by atoms with Crippen molar-refractivity contribution in [2.24, 2.45) is 39.9 Å². The summed E-state index contributed by atoms with van der Waals surface area (Å²) in [5, 5.41) is 0. The third-order valence-corrected chi connectivity index (χ3v) is 9.18. The van der Waals surface area contributed by atoms with Gasteiger partial charge in [-0.1, -0.05) is 46.3 Å². The van der Waals surface area contributed by atoms with Gasteiger partial charge in [0.1, 0.15) is 11.6 Å². The number of hydrogen-bond donors (Lipinski definition) is 0. The second kappa shape index (κ2) is 6.52. The SMILES string of the molecule is COC1C=C2CC[C@@H]3[C@@H](CC[C@]4(C)C(=O)CC(C(=O)C(C)(C)C)[C@@H]34)[C@@]2(C)CC1. The standard InChI is InChI=1S/C25H38O3/c1-23(2,3)22(27)18-14-20(26)25(5)12-10-19-17(21(18)25)8-7-15-13-16(28-6)9-11-24(15,19)4/h13,16-19,21H,7-12,14H2,1-6H3/t16?,17-,18?,19-,21-,24+,25-/m1/s1. The number of allylic oxidation sites excluding steroid dienone is 1. The van der Waals surface area contributed by atoms with E-state index in [1.54, 1.807) is 5.57 Å². The monoisotopic (exact) mass is 386 g/mol. The minimum absolute atomic E-state index is 0.0743. The van der Waals surface area contributed by atoms with E-state index in [0.717, 1.165) is 32.1 Å². The molecular formula is C25H38O3. The lowest BCUT2D eigenvalue weighted by Gasteiger charge is -2.58. The average Bonchev–Trinajstić information content (AvgIpc) is 2.90. The molecule has 0 bridgehead atoms. The van der Waals surface area contributed by atoms with Gasteiger partial charge >= 0.3 is 0 Å². The molecule has 4 rings (SSSR count). The molecule has 0 radical (unpaired) electrons. The Bertz CT molecular complexity index is 714. The van der Waals surface area contributed by atoms with Crippen molar-refractivity contribution < 1.29 is 14.3 Å². The molecule has 0 aliphatic heterocycles. The number of hydrogen-bond acceptors (Lipinski definition) is 3. The van der Waals surface area contributed by atoms with Crippen molar-refractivity contribution in [3.8, 4) is 0 Å². The van der Waals surface area contributed by atoms with E-state index in [-0.39, 0.29) is 34.2 Å². The van der Waals surface area contributed by atoms with Crippen molar-refractivity contribution in [1.29, 1.82) is 0 Å². The summed E-state index contributed by atoms with van der Waals surface area (Å²) in [7, 11) is 1.81. The highest BCUT2D eigenvalue weighted by atomic mass is 16.5. The van der Waals surface area contributed by atoms with Gasteiger partial charge < -0.3 is 4.74 Å². The Morgan fingerprint density at radius 2 is 1.79 bits per heavy atom. The Morgan fingerprint density at radius 3 is 2.43 bits per heavy atom. The maximum atomic E-state index is 13.3. The van der Waals surface area contributed by atoms with Gasteiger partial charge in [0.25, 0.3) is 0 Å². The van der Waals surface area contributed by atoms with Crippen molar-refractivity contribution in [3.05, 3.63) is 11.6 Å². The zero-order chi connectivity index (χ0) is 20.5. The molecule has 2 unspecified atom stereocenters. The molecule has 0 N–H and O–H groups in total. The van der Waals surface area contributed by atoms with Crippen LogP contribution in [-0.4, -0.2) is 24.8 Å². The van der Waals surface area contributed by atoms with Gasteiger partial charge in [-0.25, -0.2) is 0 Å². The van der Waals surface area contributed by atoms with Crippen molar-refractivity contribution >= 4 is 11.6 Å². The van der Waals surface area contributed by atoms with Crippen LogP contribution in [0.2, 0.25) is 0 Å². The molecule has 0 saturated heterocycles. The van der Waals surface area contributed by atoms with Crippen LogP contribution in [0.25, 0.3) is 0 Å². The molecule has 0 aromatic rings. The molecule has 0 aromatic heterocycles. The minimum Gasteiger partial charge on any atom is -0.377 e. The van der Waals surface area contributed by atoms with Crippen molar-refractivity contribution in [2.75, 3.05) is 7.11 Å². The average molecular weight is 387 g/mol. The Hall–Kier alpha value is -0.960. The Labute approximate surface area is 170 Å². The van der Waals surface area contributed by atoms with E-state index in [1.807, 2.05) is 27.9 Å². The van der Waals surface area contributed by atoms with Crippen molar-refractivity contribution in [3.63, 3.8) is 0 Å². The highest BCUT2D eigenvalue weighted by molar-refractivity contribution is 5.97. The van der Waals surface area contributed by atoms with E-state index in [1.165, 1.54) is 6.42 Å². The van der Waals surface area contributed by atoms with Crippen LogP contribution in [0.3, 0.4) is 0 Å².